The highest BCUT2D eigenvalue weighted by molar-refractivity contribution is 6.10. The number of anilines is 1. The summed E-state index contributed by atoms with van der Waals surface area (Å²) >= 11 is 0. The highest BCUT2D eigenvalue weighted by atomic mass is 16.6. The molecule has 0 unspecified atom stereocenters. The quantitative estimate of drug-likeness (QED) is 0.186. The summed E-state index contributed by atoms with van der Waals surface area (Å²) in [5.41, 5.74) is 7.33. The number of nitro benzene ring substituents is 1. The van der Waals surface area contributed by atoms with Gasteiger partial charge in [0, 0.05) is 37.1 Å². The number of nitrogens with zero attached hydrogens (tertiary/aromatic N) is 6. The van der Waals surface area contributed by atoms with Crippen LogP contribution >= 0.6 is 0 Å². The van der Waals surface area contributed by atoms with Crippen LogP contribution in [0.25, 0.3) is 0 Å². The second kappa shape index (κ2) is 12.0. The van der Waals surface area contributed by atoms with Gasteiger partial charge in [0.1, 0.15) is 17.1 Å². The number of ether oxygens (including phenoxy) is 1. The van der Waals surface area contributed by atoms with Crippen molar-refractivity contribution in [1.82, 2.24) is 20.8 Å². The monoisotopic (exact) mass is 500 g/mol. The fourth-order valence-corrected chi connectivity index (χ4v) is 3.36. The normalized spacial score (nSPS) is 12.7. The van der Waals surface area contributed by atoms with Gasteiger partial charge in [-0.1, -0.05) is 19.4 Å². The average molecular weight is 501 g/mol. The highest BCUT2D eigenvalue weighted by Gasteiger charge is 2.22. The molecule has 37 heavy (non-hydrogen) atoms. The molecule has 1 amide bonds. The number of pyridine rings is 2. The topological polar surface area (TPSA) is 147 Å². The summed E-state index contributed by atoms with van der Waals surface area (Å²) in [5.74, 6) is 0.833. The molecule has 1 aliphatic rings. The van der Waals surface area contributed by atoms with Crippen LogP contribution in [0.1, 0.15) is 31.2 Å². The summed E-state index contributed by atoms with van der Waals surface area (Å²) < 4.78 is 5.47. The fraction of sp³-hybridized carbons (Fsp3) is 0.160. The van der Waals surface area contributed by atoms with Crippen molar-refractivity contribution in [2.45, 2.75) is 19.8 Å². The number of unbranched alkanes of at least 4 members (excludes halogenated alkanes) is 1. The van der Waals surface area contributed by atoms with Crippen LogP contribution < -0.4 is 20.5 Å². The Morgan fingerprint density at radius 1 is 1.03 bits per heavy atom. The molecule has 4 rings (SSSR count). The van der Waals surface area contributed by atoms with Crippen LogP contribution in [0.3, 0.4) is 0 Å². The maximum Gasteiger partial charge on any atom is 0.269 e. The summed E-state index contributed by atoms with van der Waals surface area (Å²) in [6, 6.07) is 14.5. The second-order valence-corrected chi connectivity index (χ2v) is 7.75. The Morgan fingerprint density at radius 2 is 1.78 bits per heavy atom. The first-order valence-corrected chi connectivity index (χ1v) is 11.5. The van der Waals surface area contributed by atoms with Gasteiger partial charge in [0.15, 0.2) is 11.7 Å². The number of hydrazone groups is 2. The average Bonchev–Trinajstić information content (AvgIpc) is 2.94. The summed E-state index contributed by atoms with van der Waals surface area (Å²) in [4.78, 5) is 33.8. The lowest BCUT2D eigenvalue weighted by molar-refractivity contribution is -0.384. The lowest BCUT2D eigenvalue weighted by Crippen LogP contribution is -2.38. The molecule has 2 aromatic heterocycles. The van der Waals surface area contributed by atoms with Crippen LogP contribution in [0.15, 0.2) is 89.5 Å². The van der Waals surface area contributed by atoms with E-state index in [-0.39, 0.29) is 11.6 Å². The largest absolute Gasteiger partial charge is 0.465 e. The predicted octanol–water partition coefficient (Wildman–Crippen LogP) is 3.33. The molecule has 3 aromatic rings. The van der Waals surface area contributed by atoms with E-state index in [2.05, 4.69) is 31.0 Å². The molecule has 0 radical (unpaired) electrons. The molecule has 0 saturated carbocycles. The van der Waals surface area contributed by atoms with Gasteiger partial charge in [-0.3, -0.25) is 35.7 Å². The number of rotatable bonds is 10. The molecule has 0 fully saturated rings. The van der Waals surface area contributed by atoms with Gasteiger partial charge in [0.2, 0.25) is 0 Å². The molecule has 0 spiro atoms. The number of amides is 1. The van der Waals surface area contributed by atoms with Crippen molar-refractivity contribution >= 4 is 29.0 Å². The first kappa shape index (κ1) is 25.0. The summed E-state index contributed by atoms with van der Waals surface area (Å²) in [7, 11) is 0. The Labute approximate surface area is 212 Å². The molecule has 3 heterocycles. The van der Waals surface area contributed by atoms with E-state index >= 15 is 0 Å². The molecule has 0 aliphatic carbocycles. The maximum absolute atomic E-state index is 13.2. The molecule has 12 nitrogen and oxygen atoms in total. The van der Waals surface area contributed by atoms with Crippen LogP contribution in [-0.4, -0.2) is 39.0 Å². The van der Waals surface area contributed by atoms with E-state index in [9.17, 15) is 14.9 Å². The highest BCUT2D eigenvalue weighted by Crippen LogP contribution is 2.21. The SMILES string of the molecule is CCCCN(C(=O)/C=C/Oc1ccc([N+](=O)[O-])cc1)c1cccnc1C1=NNC(c2ccccn2)=NN1. The molecule has 0 bridgehead atoms. The lowest BCUT2D eigenvalue weighted by atomic mass is 10.2. The van der Waals surface area contributed by atoms with Gasteiger partial charge in [-0.25, -0.2) is 0 Å². The van der Waals surface area contributed by atoms with E-state index in [0.717, 1.165) is 12.8 Å². The molecule has 0 saturated heterocycles. The Kier molecular flexibility index (Phi) is 8.11. The Bertz CT molecular complexity index is 1340. The third-order valence-electron chi connectivity index (χ3n) is 5.22. The van der Waals surface area contributed by atoms with Crippen LogP contribution in [0.2, 0.25) is 0 Å². The minimum atomic E-state index is -0.494. The third kappa shape index (κ3) is 6.31. The molecular formula is C25H24N8O4. The number of nitro groups is 1. The van der Waals surface area contributed by atoms with Crippen molar-refractivity contribution in [2.24, 2.45) is 10.2 Å². The smallest absolute Gasteiger partial charge is 0.269 e. The number of hydrogen-bond acceptors (Lipinski definition) is 10. The number of aromatic nitrogens is 2. The first-order valence-electron chi connectivity index (χ1n) is 11.5. The van der Waals surface area contributed by atoms with Crippen molar-refractivity contribution in [3.63, 3.8) is 0 Å². The van der Waals surface area contributed by atoms with Gasteiger partial charge in [0.25, 0.3) is 11.6 Å². The molecule has 1 aromatic carbocycles. The van der Waals surface area contributed by atoms with Crippen molar-refractivity contribution in [1.29, 1.82) is 0 Å². The number of non-ortho nitro benzene ring substituents is 1. The van der Waals surface area contributed by atoms with Gasteiger partial charge < -0.3 is 9.64 Å². The van der Waals surface area contributed by atoms with Crippen LogP contribution in [0, 0.1) is 10.1 Å². The number of amidine groups is 2. The zero-order chi connectivity index (χ0) is 26.0. The molecule has 0 atom stereocenters. The zero-order valence-electron chi connectivity index (χ0n) is 19.9. The zero-order valence-corrected chi connectivity index (χ0v) is 19.9. The standard InChI is InChI=1S/C25H24N8O4/c1-2-3-16-32(22(34)13-17-37-19-11-9-18(10-12-19)33(35)36)21-8-6-15-27-23(21)25-30-28-24(29-31-25)20-7-4-5-14-26-20/h4-15,17H,2-3,16H2,1H3,(H,28,29)(H,30,31)/b17-13+. The molecule has 12 heteroatoms. The van der Waals surface area contributed by atoms with Crippen molar-refractivity contribution in [3.05, 3.63) is 101 Å². The van der Waals surface area contributed by atoms with Gasteiger partial charge in [-0.2, -0.15) is 10.2 Å². The van der Waals surface area contributed by atoms with Crippen LogP contribution in [0.5, 0.6) is 5.75 Å². The van der Waals surface area contributed by atoms with Gasteiger partial charge in [0.05, 0.1) is 16.9 Å². The van der Waals surface area contributed by atoms with E-state index in [1.807, 2.05) is 19.1 Å². The van der Waals surface area contributed by atoms with Gasteiger partial charge >= 0.3 is 0 Å². The minimum absolute atomic E-state index is 0.0486. The number of carbonyl (C=O) groups excluding carboxylic acids is 1. The summed E-state index contributed by atoms with van der Waals surface area (Å²) in [6.45, 7) is 2.48. The Balaban J connectivity index is 1.51. The number of nitrogens with one attached hydrogen (secondary N) is 2. The van der Waals surface area contributed by atoms with E-state index in [1.165, 1.54) is 36.6 Å². The molecule has 188 valence electrons. The number of hydrogen-bond donors (Lipinski definition) is 2. The minimum Gasteiger partial charge on any atom is -0.465 e. The van der Waals surface area contributed by atoms with Crippen molar-refractivity contribution in [3.8, 4) is 5.75 Å². The second-order valence-electron chi connectivity index (χ2n) is 7.75. The number of carbonyl (C=O) groups is 1. The van der Waals surface area contributed by atoms with E-state index < -0.39 is 4.92 Å². The van der Waals surface area contributed by atoms with Gasteiger partial charge in [-0.05, 0) is 42.8 Å². The van der Waals surface area contributed by atoms with E-state index in [1.54, 1.807) is 35.5 Å². The van der Waals surface area contributed by atoms with Crippen LogP contribution in [0.4, 0.5) is 11.4 Å². The molecule has 1 aliphatic heterocycles. The number of benzene rings is 1. The predicted molar refractivity (Wildman–Crippen MR) is 138 cm³/mol. The molecular weight excluding hydrogens is 476 g/mol. The molecule has 2 N–H and O–H groups in total. The maximum atomic E-state index is 13.2. The first-order chi connectivity index (χ1) is 18.1. The summed E-state index contributed by atoms with van der Waals surface area (Å²) in [6.07, 6.45) is 7.44. The van der Waals surface area contributed by atoms with E-state index in [0.29, 0.717) is 41.0 Å². The van der Waals surface area contributed by atoms with E-state index in [4.69, 9.17) is 4.74 Å². The lowest BCUT2D eigenvalue weighted by Gasteiger charge is -2.24. The van der Waals surface area contributed by atoms with Crippen LogP contribution in [-0.2, 0) is 4.79 Å². The third-order valence-corrected chi connectivity index (χ3v) is 5.22. The van der Waals surface area contributed by atoms with Crippen molar-refractivity contribution in [2.75, 3.05) is 11.4 Å². The van der Waals surface area contributed by atoms with Crippen molar-refractivity contribution < 1.29 is 14.5 Å². The Hall–Kier alpha value is -5.13. The fourth-order valence-electron chi connectivity index (χ4n) is 3.36. The Morgan fingerprint density at radius 3 is 2.46 bits per heavy atom. The van der Waals surface area contributed by atoms with Gasteiger partial charge in [-0.15, -0.1) is 0 Å². The summed E-state index contributed by atoms with van der Waals surface area (Å²) in [5, 5.41) is 19.5.